The zero-order valence-electron chi connectivity index (χ0n) is 11.5. The van der Waals surface area contributed by atoms with E-state index in [0.717, 1.165) is 5.56 Å². The summed E-state index contributed by atoms with van der Waals surface area (Å²) in [6.45, 7) is 1.94. The van der Waals surface area contributed by atoms with E-state index in [1.807, 2.05) is 25.3 Å². The second-order valence-corrected chi connectivity index (χ2v) is 7.32. The number of thiazole rings is 1. The van der Waals surface area contributed by atoms with E-state index < -0.39 is 0 Å². The topological polar surface area (TPSA) is 66.3 Å². The van der Waals surface area contributed by atoms with Crippen molar-refractivity contribution in [1.82, 2.24) is 9.97 Å². The number of pyridine rings is 1. The Bertz CT molecular complexity index is 621. The van der Waals surface area contributed by atoms with Crippen LogP contribution in [-0.4, -0.2) is 32.6 Å². The van der Waals surface area contributed by atoms with Crippen LogP contribution in [0.1, 0.15) is 13.3 Å². The quantitative estimate of drug-likeness (QED) is 0.623. The van der Waals surface area contributed by atoms with Crippen molar-refractivity contribution in [2.45, 2.75) is 18.6 Å². The first kappa shape index (κ1) is 16.4. The third kappa shape index (κ3) is 4.03. The molecule has 0 saturated carbocycles. The highest BCUT2D eigenvalue weighted by Gasteiger charge is 2.22. The van der Waals surface area contributed by atoms with Crippen molar-refractivity contribution in [3.8, 4) is 10.6 Å². The molecular formula is C13H14BrN3O2S2. The number of hydrogen-bond donors (Lipinski definition) is 1. The smallest absolute Gasteiger partial charge is 0.252 e. The minimum Gasteiger partial charge on any atom is -0.280 e. The summed E-state index contributed by atoms with van der Waals surface area (Å²) in [6.07, 6.45) is 5.57. The number of amides is 1. The van der Waals surface area contributed by atoms with Gasteiger partial charge in [-0.15, -0.1) is 0 Å². The summed E-state index contributed by atoms with van der Waals surface area (Å²) in [7, 11) is 0. The largest absolute Gasteiger partial charge is 0.280 e. The number of nitrogens with zero attached hydrogens (tertiary/aromatic N) is 3. The number of halogens is 1. The summed E-state index contributed by atoms with van der Waals surface area (Å²) in [5.41, 5.74) is 0.841. The van der Waals surface area contributed by atoms with Crippen molar-refractivity contribution in [3.05, 3.63) is 29.1 Å². The Morgan fingerprint density at radius 2 is 2.38 bits per heavy atom. The fourth-order valence-electron chi connectivity index (χ4n) is 1.57. The monoisotopic (exact) mass is 387 g/mol. The maximum absolute atomic E-state index is 12.0. The summed E-state index contributed by atoms with van der Waals surface area (Å²) in [4.78, 5) is 20.4. The van der Waals surface area contributed by atoms with Crippen LogP contribution in [0.4, 0.5) is 5.00 Å². The van der Waals surface area contributed by atoms with Crippen molar-refractivity contribution >= 4 is 49.9 Å². The lowest BCUT2D eigenvalue weighted by Gasteiger charge is -2.14. The molecule has 2 aromatic heterocycles. The molecule has 1 atom stereocenters. The molecule has 0 radical (unpaired) electrons. The number of aromatic nitrogens is 2. The maximum Gasteiger partial charge on any atom is 0.252 e. The van der Waals surface area contributed by atoms with E-state index in [2.05, 4.69) is 25.9 Å². The molecule has 0 aliphatic heterocycles. The number of anilines is 1. The number of rotatable bonds is 5. The normalized spacial score (nSPS) is 12.2. The lowest BCUT2D eigenvalue weighted by Crippen LogP contribution is -2.28. The molecule has 0 spiro atoms. The molecule has 0 aromatic carbocycles. The molecular weight excluding hydrogens is 374 g/mol. The van der Waals surface area contributed by atoms with Gasteiger partial charge in [-0.05, 0) is 34.3 Å². The van der Waals surface area contributed by atoms with E-state index in [0.29, 0.717) is 19.7 Å². The van der Waals surface area contributed by atoms with E-state index >= 15 is 0 Å². The van der Waals surface area contributed by atoms with Crippen molar-refractivity contribution < 1.29 is 10.0 Å². The third-order valence-corrected chi connectivity index (χ3v) is 5.64. The van der Waals surface area contributed by atoms with Gasteiger partial charge in [-0.1, -0.05) is 18.3 Å². The van der Waals surface area contributed by atoms with Crippen LogP contribution in [0.2, 0.25) is 0 Å². The highest BCUT2D eigenvalue weighted by atomic mass is 79.9. The highest BCUT2D eigenvalue weighted by Crippen LogP contribution is 2.37. The first-order valence-electron chi connectivity index (χ1n) is 6.14. The van der Waals surface area contributed by atoms with Crippen LogP contribution in [0.15, 0.2) is 29.1 Å². The molecule has 112 valence electrons. The van der Waals surface area contributed by atoms with Gasteiger partial charge in [0.05, 0.1) is 0 Å². The fraction of sp³-hybridized carbons (Fsp3) is 0.308. The predicted molar refractivity (Wildman–Crippen MR) is 89.9 cm³/mol. The average molecular weight is 388 g/mol. The summed E-state index contributed by atoms with van der Waals surface area (Å²) < 4.78 is 0.444. The third-order valence-electron chi connectivity index (χ3n) is 2.77. The first-order chi connectivity index (χ1) is 10.0. The van der Waals surface area contributed by atoms with Crippen molar-refractivity contribution in [3.63, 3.8) is 0 Å². The molecule has 1 N–H and O–H groups in total. The SMILES string of the molecule is CSC(C)CC(=O)N(O)c1sc(-c2cccnc2)nc1Br. The number of thioether (sulfide) groups is 1. The molecule has 0 aliphatic carbocycles. The molecule has 5 nitrogen and oxygen atoms in total. The van der Waals surface area contributed by atoms with Gasteiger partial charge in [0.2, 0.25) is 0 Å². The van der Waals surface area contributed by atoms with Crippen LogP contribution in [0.25, 0.3) is 10.6 Å². The van der Waals surface area contributed by atoms with Crippen molar-refractivity contribution in [1.29, 1.82) is 0 Å². The molecule has 0 saturated heterocycles. The fourth-order valence-corrected chi connectivity index (χ4v) is 3.46. The molecule has 2 aromatic rings. The Balaban J connectivity index is 2.21. The van der Waals surface area contributed by atoms with Crippen molar-refractivity contribution in [2.75, 3.05) is 11.3 Å². The molecule has 0 bridgehead atoms. The molecule has 8 heteroatoms. The van der Waals surface area contributed by atoms with Gasteiger partial charge < -0.3 is 0 Å². The van der Waals surface area contributed by atoms with Gasteiger partial charge in [-0.3, -0.25) is 15.0 Å². The van der Waals surface area contributed by atoms with Crippen LogP contribution in [0.3, 0.4) is 0 Å². The van der Waals surface area contributed by atoms with Crippen LogP contribution >= 0.6 is 39.0 Å². The van der Waals surface area contributed by atoms with Crippen LogP contribution in [0.5, 0.6) is 0 Å². The van der Waals surface area contributed by atoms with E-state index in [4.69, 9.17) is 0 Å². The molecule has 21 heavy (non-hydrogen) atoms. The second-order valence-electron chi connectivity index (χ2n) is 4.31. The molecule has 1 amide bonds. The number of hydroxylamine groups is 1. The van der Waals surface area contributed by atoms with E-state index in [9.17, 15) is 10.0 Å². The van der Waals surface area contributed by atoms with Gasteiger partial charge >= 0.3 is 0 Å². The summed E-state index contributed by atoms with van der Waals surface area (Å²) in [5, 5.41) is 12.0. The zero-order chi connectivity index (χ0) is 15.4. The minimum atomic E-state index is -0.348. The number of carbonyl (C=O) groups is 1. The van der Waals surface area contributed by atoms with Gasteiger partial charge in [0.1, 0.15) is 9.61 Å². The number of carbonyl (C=O) groups excluding carboxylic acids is 1. The molecule has 2 rings (SSSR count). The number of hydrogen-bond acceptors (Lipinski definition) is 6. The molecule has 1 unspecified atom stereocenters. The lowest BCUT2D eigenvalue weighted by atomic mass is 10.3. The van der Waals surface area contributed by atoms with Crippen molar-refractivity contribution in [2.24, 2.45) is 0 Å². The van der Waals surface area contributed by atoms with Gasteiger partial charge in [0.25, 0.3) is 5.91 Å². The molecule has 0 aliphatic rings. The summed E-state index contributed by atoms with van der Waals surface area (Å²) in [5.74, 6) is -0.348. The second kappa shape index (κ2) is 7.35. The Morgan fingerprint density at radius 3 is 3.00 bits per heavy atom. The summed E-state index contributed by atoms with van der Waals surface area (Å²) in [6, 6.07) is 3.69. The van der Waals surface area contributed by atoms with Gasteiger partial charge in [0, 0.05) is 29.6 Å². The van der Waals surface area contributed by atoms with Crippen LogP contribution in [-0.2, 0) is 4.79 Å². The Labute approximate surface area is 139 Å². The van der Waals surface area contributed by atoms with E-state index in [-0.39, 0.29) is 17.6 Å². The Morgan fingerprint density at radius 1 is 1.62 bits per heavy atom. The predicted octanol–water partition coefficient (Wildman–Crippen LogP) is 3.83. The Kier molecular flexibility index (Phi) is 5.74. The van der Waals surface area contributed by atoms with Gasteiger partial charge in [-0.25, -0.2) is 4.98 Å². The average Bonchev–Trinajstić information content (AvgIpc) is 2.89. The van der Waals surface area contributed by atoms with Gasteiger partial charge in [-0.2, -0.15) is 16.8 Å². The minimum absolute atomic E-state index is 0.150. The van der Waals surface area contributed by atoms with E-state index in [1.54, 1.807) is 24.2 Å². The zero-order valence-corrected chi connectivity index (χ0v) is 14.7. The first-order valence-corrected chi connectivity index (χ1v) is 9.04. The Hall–Kier alpha value is -0.960. The molecule has 0 fully saturated rings. The maximum atomic E-state index is 12.0. The highest BCUT2D eigenvalue weighted by molar-refractivity contribution is 9.10. The van der Waals surface area contributed by atoms with Crippen LogP contribution < -0.4 is 5.06 Å². The molecule has 2 heterocycles. The standard InChI is InChI=1S/C13H14BrN3O2S2/c1-8(20-2)6-10(18)17(19)13-11(14)16-12(21-13)9-4-3-5-15-7-9/h3-5,7-8,19H,6H2,1-2H3. The summed E-state index contributed by atoms with van der Waals surface area (Å²) >= 11 is 6.10. The van der Waals surface area contributed by atoms with E-state index in [1.165, 1.54) is 11.3 Å². The van der Waals surface area contributed by atoms with Gasteiger partial charge in [0.15, 0.2) is 5.00 Å². The van der Waals surface area contributed by atoms with Crippen LogP contribution in [0, 0.1) is 0 Å². The lowest BCUT2D eigenvalue weighted by molar-refractivity contribution is -0.123.